The fraction of sp³-hybridized carbons (Fsp3) is 0.595. The number of carbonyl (C=O) groups is 1. The normalized spacial score (nSPS) is 15.1. The van der Waals surface area contributed by atoms with Crippen molar-refractivity contribution < 1.29 is 27.9 Å². The van der Waals surface area contributed by atoms with Crippen LogP contribution < -0.4 is 10.4 Å². The molecule has 8 heteroatoms. The van der Waals surface area contributed by atoms with Crippen LogP contribution in [0.2, 0.25) is 23.2 Å². The first kappa shape index (κ1) is 43.8. The van der Waals surface area contributed by atoms with E-state index in [4.69, 9.17) is 23.1 Å². The molecule has 0 aliphatic heterocycles. The van der Waals surface area contributed by atoms with Crippen LogP contribution in [0.1, 0.15) is 82.6 Å². The first-order valence-corrected chi connectivity index (χ1v) is 22.9. The van der Waals surface area contributed by atoms with Gasteiger partial charge in [0.05, 0.1) is 18.1 Å². The summed E-state index contributed by atoms with van der Waals surface area (Å²) in [6.07, 6.45) is 8.68. The van der Waals surface area contributed by atoms with E-state index in [9.17, 15) is 4.79 Å². The minimum absolute atomic E-state index is 0.0962. The molecule has 6 nitrogen and oxygen atoms in total. The van der Waals surface area contributed by atoms with Crippen molar-refractivity contribution in [3.8, 4) is 0 Å². The molecule has 0 aliphatic rings. The Labute approximate surface area is 307 Å². The molecule has 0 amide bonds. The summed E-state index contributed by atoms with van der Waals surface area (Å²) in [7, 11) is -2.99. The summed E-state index contributed by atoms with van der Waals surface area (Å²) in [5, 5.41) is 2.55. The molecule has 0 aromatic heterocycles. The Morgan fingerprint density at radius 3 is 1.76 bits per heavy atom. The number of methoxy groups -OCH3 is 1. The Morgan fingerprint density at radius 1 is 0.760 bits per heavy atom. The van der Waals surface area contributed by atoms with Crippen molar-refractivity contribution in [2.24, 2.45) is 16.7 Å². The SMILES string of the molecule is COCO[C@H](/C=C/C=C/C(C)(C)CO[Si](c1ccccc1)(c1ccccc1)C(C)(C)C)[C@H](CCO[Si](C)(C)C(C)(C)C)COC(=O)C(C)(C)C. The number of carbonyl (C=O) groups excluding carboxylic acids is 1. The van der Waals surface area contributed by atoms with Crippen LogP contribution in [0.3, 0.4) is 0 Å². The third-order valence-corrected chi connectivity index (χ3v) is 19.2. The molecule has 0 radical (unpaired) electrons. The van der Waals surface area contributed by atoms with Gasteiger partial charge in [0.25, 0.3) is 8.32 Å². The Kier molecular flexibility index (Phi) is 16.2. The van der Waals surface area contributed by atoms with Crippen LogP contribution in [0.5, 0.6) is 0 Å². The predicted molar refractivity (Wildman–Crippen MR) is 214 cm³/mol. The van der Waals surface area contributed by atoms with Gasteiger partial charge in [-0.25, -0.2) is 0 Å². The number of hydrogen-bond donors (Lipinski definition) is 0. The summed E-state index contributed by atoms with van der Waals surface area (Å²) < 4.78 is 31.1. The molecule has 0 saturated carbocycles. The minimum atomic E-state index is -2.66. The molecule has 2 aromatic rings. The van der Waals surface area contributed by atoms with Gasteiger partial charge in [0.2, 0.25) is 0 Å². The molecule has 0 heterocycles. The number of ether oxygens (including phenoxy) is 3. The lowest BCUT2D eigenvalue weighted by Gasteiger charge is -2.44. The van der Waals surface area contributed by atoms with Gasteiger partial charge in [-0.15, -0.1) is 0 Å². The fourth-order valence-corrected chi connectivity index (χ4v) is 11.3. The van der Waals surface area contributed by atoms with E-state index in [0.717, 1.165) is 0 Å². The van der Waals surface area contributed by atoms with Gasteiger partial charge in [0.1, 0.15) is 6.79 Å². The third-order valence-electron chi connectivity index (χ3n) is 9.68. The first-order chi connectivity index (χ1) is 23.1. The highest BCUT2D eigenvalue weighted by molar-refractivity contribution is 6.99. The van der Waals surface area contributed by atoms with Crippen LogP contribution in [-0.4, -0.2) is 62.4 Å². The van der Waals surface area contributed by atoms with Crippen molar-refractivity contribution in [3.63, 3.8) is 0 Å². The van der Waals surface area contributed by atoms with Crippen LogP contribution >= 0.6 is 0 Å². The molecular formula is C42H68O6Si2. The number of esters is 1. The highest BCUT2D eigenvalue weighted by atomic mass is 28.4. The van der Waals surface area contributed by atoms with Gasteiger partial charge < -0.3 is 23.1 Å². The van der Waals surface area contributed by atoms with Crippen LogP contribution in [0.4, 0.5) is 0 Å². The second kappa shape index (κ2) is 18.4. The zero-order valence-corrected chi connectivity index (χ0v) is 35.7. The molecular weight excluding hydrogens is 657 g/mol. The van der Waals surface area contributed by atoms with E-state index < -0.39 is 22.0 Å². The first-order valence-electron chi connectivity index (χ1n) is 18.1. The molecule has 0 saturated heterocycles. The second-order valence-corrected chi connectivity index (χ2v) is 26.8. The maximum Gasteiger partial charge on any atom is 0.311 e. The Balaban J connectivity index is 2.33. The standard InChI is InChI=1S/C42H68O6Si2/c1-39(2,3)38(43)45-31-34(28-30-47-49(13,14)40(4,5)6)37(46-33-44-12)27-21-22-29-42(10,11)32-48-50(41(7,8)9,35-23-17-15-18-24-35)36-25-19-16-20-26-36/h15-27,29,34,37H,28,30-33H2,1-14H3/b27-21+,29-22+/t34-,37-/m1/s1. The summed E-state index contributed by atoms with van der Waals surface area (Å²) >= 11 is 0. The van der Waals surface area contributed by atoms with Crippen molar-refractivity contribution in [2.75, 3.05) is 33.7 Å². The topological polar surface area (TPSA) is 63.2 Å². The number of allylic oxidation sites excluding steroid dienone is 2. The van der Waals surface area contributed by atoms with Crippen LogP contribution in [0, 0.1) is 16.7 Å². The van der Waals surface area contributed by atoms with Crippen LogP contribution in [-0.2, 0) is 27.9 Å². The van der Waals surface area contributed by atoms with E-state index in [-0.39, 0.29) is 46.9 Å². The average molecular weight is 725 g/mol. The lowest BCUT2D eigenvalue weighted by atomic mass is 9.94. The average Bonchev–Trinajstić information content (AvgIpc) is 3.02. The summed E-state index contributed by atoms with van der Waals surface area (Å²) in [6, 6.07) is 21.5. The Bertz CT molecular complexity index is 1310. The molecule has 2 rings (SSSR count). The molecule has 0 unspecified atom stereocenters. The van der Waals surface area contributed by atoms with Crippen LogP contribution in [0.25, 0.3) is 0 Å². The maximum absolute atomic E-state index is 12.8. The third kappa shape index (κ3) is 12.7. The van der Waals surface area contributed by atoms with Gasteiger partial charge in [-0.2, -0.15) is 0 Å². The zero-order chi connectivity index (χ0) is 37.9. The van der Waals surface area contributed by atoms with Gasteiger partial charge in [0.15, 0.2) is 8.32 Å². The van der Waals surface area contributed by atoms with Crippen molar-refractivity contribution >= 4 is 33.0 Å². The molecule has 0 aliphatic carbocycles. The molecule has 0 fully saturated rings. The van der Waals surface area contributed by atoms with E-state index >= 15 is 0 Å². The number of rotatable bonds is 18. The Morgan fingerprint density at radius 2 is 1.30 bits per heavy atom. The largest absolute Gasteiger partial charge is 0.465 e. The van der Waals surface area contributed by atoms with Crippen molar-refractivity contribution in [2.45, 2.75) is 112 Å². The smallest absolute Gasteiger partial charge is 0.311 e. The summed E-state index contributed by atoms with van der Waals surface area (Å²) in [6.45, 7) is 29.6. The number of benzene rings is 2. The van der Waals surface area contributed by atoms with Crippen molar-refractivity contribution in [1.82, 2.24) is 0 Å². The highest BCUT2D eigenvalue weighted by Crippen LogP contribution is 2.38. The lowest BCUT2D eigenvalue weighted by Crippen LogP contribution is -2.67. The quantitative estimate of drug-likeness (QED) is 0.0661. The molecule has 0 N–H and O–H groups in total. The molecule has 2 atom stereocenters. The maximum atomic E-state index is 12.8. The molecule has 0 spiro atoms. The van der Waals surface area contributed by atoms with E-state index in [0.29, 0.717) is 19.6 Å². The zero-order valence-electron chi connectivity index (χ0n) is 33.7. The summed E-state index contributed by atoms with van der Waals surface area (Å²) in [4.78, 5) is 12.8. The minimum Gasteiger partial charge on any atom is -0.465 e. The predicted octanol–water partition coefficient (Wildman–Crippen LogP) is 9.31. The number of hydrogen-bond acceptors (Lipinski definition) is 6. The molecule has 280 valence electrons. The van der Waals surface area contributed by atoms with Crippen molar-refractivity contribution in [3.05, 3.63) is 85.0 Å². The van der Waals surface area contributed by atoms with Gasteiger partial charge in [-0.05, 0) is 60.7 Å². The monoisotopic (exact) mass is 724 g/mol. The molecule has 2 aromatic carbocycles. The van der Waals surface area contributed by atoms with Gasteiger partial charge >= 0.3 is 5.97 Å². The fourth-order valence-electron chi connectivity index (χ4n) is 5.51. The van der Waals surface area contributed by atoms with E-state index in [1.807, 2.05) is 32.9 Å². The summed E-state index contributed by atoms with van der Waals surface area (Å²) in [5.41, 5.74) is -0.843. The lowest BCUT2D eigenvalue weighted by molar-refractivity contribution is -0.157. The van der Waals surface area contributed by atoms with Gasteiger partial charge in [0, 0.05) is 31.7 Å². The van der Waals surface area contributed by atoms with E-state index in [1.54, 1.807) is 7.11 Å². The van der Waals surface area contributed by atoms with E-state index in [1.165, 1.54) is 10.4 Å². The Hall–Kier alpha value is -2.34. The molecule has 0 bridgehead atoms. The van der Waals surface area contributed by atoms with Gasteiger partial charge in [-0.1, -0.05) is 140 Å². The second-order valence-electron chi connectivity index (χ2n) is 17.7. The van der Waals surface area contributed by atoms with Crippen molar-refractivity contribution in [1.29, 1.82) is 0 Å². The molecule has 50 heavy (non-hydrogen) atoms. The highest BCUT2D eigenvalue weighted by Gasteiger charge is 2.50. The summed E-state index contributed by atoms with van der Waals surface area (Å²) in [5.74, 6) is -0.345. The van der Waals surface area contributed by atoms with E-state index in [2.05, 4.69) is 141 Å². The van der Waals surface area contributed by atoms with Crippen LogP contribution in [0.15, 0.2) is 85.0 Å². The van der Waals surface area contributed by atoms with Gasteiger partial charge in [-0.3, -0.25) is 4.79 Å².